The third kappa shape index (κ3) is 5.50. The number of benzene rings is 2. The minimum absolute atomic E-state index is 0.0626. The van der Waals surface area contributed by atoms with Gasteiger partial charge in [0.1, 0.15) is 0 Å². The molecule has 3 rings (SSSR count). The Bertz CT molecular complexity index is 1170. The van der Waals surface area contributed by atoms with E-state index in [-0.39, 0.29) is 30.7 Å². The summed E-state index contributed by atoms with van der Waals surface area (Å²) in [5.74, 6) is 0.0464. The quantitative estimate of drug-likeness (QED) is 0.428. The molecule has 0 bridgehead atoms. The molecule has 2 aromatic carbocycles. The number of anilines is 2. The highest BCUT2D eigenvalue weighted by molar-refractivity contribution is 7.89. The molecule has 1 aromatic heterocycles. The van der Waals surface area contributed by atoms with Gasteiger partial charge in [-0.25, -0.2) is 8.42 Å². The number of halogens is 4. The average molecular weight is 509 g/mol. The molecule has 0 amide bonds. The summed E-state index contributed by atoms with van der Waals surface area (Å²) in [6.45, 7) is 2.04. The molecule has 0 fully saturated rings. The smallest absolute Gasteiger partial charge is 0.256 e. The Morgan fingerprint density at radius 3 is 1.93 bits per heavy atom. The van der Waals surface area contributed by atoms with Gasteiger partial charge in [0.15, 0.2) is 0 Å². The highest BCUT2D eigenvalue weighted by Crippen LogP contribution is 2.24. The maximum Gasteiger partial charge on any atom is 0.256 e. The van der Waals surface area contributed by atoms with Crippen molar-refractivity contribution < 1.29 is 8.42 Å². The Hall–Kier alpha value is -1.71. The average Bonchev–Trinajstić information content (AvgIpc) is 3.11. The van der Waals surface area contributed by atoms with Crippen molar-refractivity contribution >= 4 is 68.3 Å². The summed E-state index contributed by atoms with van der Waals surface area (Å²) in [6.07, 6.45) is 0. The first kappa shape index (κ1) is 23.0. The topological polar surface area (TPSA) is 88.9 Å². The van der Waals surface area contributed by atoms with E-state index in [2.05, 4.69) is 20.7 Å². The lowest BCUT2D eigenvalue weighted by Crippen LogP contribution is -2.19. The number of nitrogens with one attached hydrogen (secondary N) is 2. The highest BCUT2D eigenvalue weighted by atomic mass is 35.5. The van der Waals surface area contributed by atoms with Crippen molar-refractivity contribution in [1.82, 2.24) is 14.2 Å². The standard InChI is InChI=1S/C18H17Cl4N5O2S/c1-2-30(28,29)27-18(24-10-12-4-6-14(20)8-16(12)22)25-17(26-27)23-9-11-3-5-13(19)7-15(11)21/h3-8H,2,9-10H2,1H3,(H2,23,24,25,26). The van der Waals surface area contributed by atoms with E-state index in [1.165, 1.54) is 6.92 Å². The molecule has 0 atom stereocenters. The monoisotopic (exact) mass is 507 g/mol. The number of nitrogens with zero attached hydrogens (tertiary/aromatic N) is 3. The molecule has 0 saturated carbocycles. The maximum atomic E-state index is 12.4. The van der Waals surface area contributed by atoms with Gasteiger partial charge in [-0.2, -0.15) is 4.98 Å². The minimum Gasteiger partial charge on any atom is -0.349 e. The van der Waals surface area contributed by atoms with Crippen LogP contribution in [-0.2, 0) is 23.1 Å². The zero-order valence-corrected chi connectivity index (χ0v) is 19.5. The zero-order valence-electron chi connectivity index (χ0n) is 15.7. The van der Waals surface area contributed by atoms with E-state index in [0.29, 0.717) is 20.1 Å². The number of aromatic nitrogens is 3. The molecule has 0 aliphatic rings. The van der Waals surface area contributed by atoms with Crippen molar-refractivity contribution in [1.29, 1.82) is 0 Å². The molecule has 3 aromatic rings. The number of hydrogen-bond donors (Lipinski definition) is 2. The summed E-state index contributed by atoms with van der Waals surface area (Å²) in [6, 6.07) is 10.1. The normalized spacial score (nSPS) is 11.5. The fourth-order valence-electron chi connectivity index (χ4n) is 2.48. The number of hydrogen-bond acceptors (Lipinski definition) is 6. The zero-order chi connectivity index (χ0) is 21.9. The van der Waals surface area contributed by atoms with E-state index in [4.69, 9.17) is 46.4 Å². The molecular formula is C18H17Cl4N5O2S. The summed E-state index contributed by atoms with van der Waals surface area (Å²) in [5.41, 5.74) is 1.49. The Labute approximate surface area is 194 Å². The van der Waals surface area contributed by atoms with Crippen molar-refractivity contribution in [3.8, 4) is 0 Å². The van der Waals surface area contributed by atoms with Crippen LogP contribution in [0.5, 0.6) is 0 Å². The molecule has 0 saturated heterocycles. The van der Waals surface area contributed by atoms with Crippen molar-refractivity contribution in [3.63, 3.8) is 0 Å². The van der Waals surface area contributed by atoms with Gasteiger partial charge in [-0.3, -0.25) is 0 Å². The van der Waals surface area contributed by atoms with Crippen LogP contribution in [0.25, 0.3) is 0 Å². The van der Waals surface area contributed by atoms with Crippen LogP contribution >= 0.6 is 46.4 Å². The molecule has 160 valence electrons. The van der Waals surface area contributed by atoms with Crippen molar-refractivity contribution in [2.45, 2.75) is 20.0 Å². The van der Waals surface area contributed by atoms with Gasteiger partial charge in [0.2, 0.25) is 11.9 Å². The van der Waals surface area contributed by atoms with E-state index in [0.717, 1.165) is 15.2 Å². The summed E-state index contributed by atoms with van der Waals surface area (Å²) >= 11 is 24.2. The molecule has 0 radical (unpaired) electrons. The lowest BCUT2D eigenvalue weighted by molar-refractivity contribution is 0.582. The Kier molecular flexibility index (Phi) is 7.36. The third-order valence-corrected chi connectivity index (χ3v) is 6.80. The van der Waals surface area contributed by atoms with Crippen LogP contribution in [0.2, 0.25) is 20.1 Å². The van der Waals surface area contributed by atoms with Crippen LogP contribution in [-0.4, -0.2) is 28.3 Å². The molecule has 2 N–H and O–H groups in total. The second-order valence-electron chi connectivity index (χ2n) is 6.18. The Balaban J connectivity index is 1.82. The van der Waals surface area contributed by atoms with Crippen LogP contribution in [0.3, 0.4) is 0 Å². The number of rotatable bonds is 8. The third-order valence-electron chi connectivity index (χ3n) is 4.11. The van der Waals surface area contributed by atoms with Gasteiger partial charge in [-0.05, 0) is 42.3 Å². The van der Waals surface area contributed by atoms with Crippen LogP contribution < -0.4 is 10.6 Å². The highest BCUT2D eigenvalue weighted by Gasteiger charge is 2.20. The van der Waals surface area contributed by atoms with Gasteiger partial charge >= 0.3 is 0 Å². The summed E-state index contributed by atoms with van der Waals surface area (Å²) in [5, 5.41) is 12.0. The van der Waals surface area contributed by atoms with Gasteiger partial charge in [0.25, 0.3) is 10.0 Å². The fourth-order valence-corrected chi connectivity index (χ4v) is 4.24. The molecule has 7 nitrogen and oxygen atoms in total. The molecule has 1 heterocycles. The van der Waals surface area contributed by atoms with Gasteiger partial charge in [-0.15, -0.1) is 9.19 Å². The maximum absolute atomic E-state index is 12.4. The molecule has 0 unspecified atom stereocenters. The first-order chi connectivity index (χ1) is 14.2. The van der Waals surface area contributed by atoms with E-state index in [1.807, 2.05) is 0 Å². The minimum atomic E-state index is -3.68. The SMILES string of the molecule is CCS(=O)(=O)n1nc(NCc2ccc(Cl)cc2Cl)nc1NCc1ccc(Cl)cc1Cl. The fraction of sp³-hybridized carbons (Fsp3) is 0.222. The predicted molar refractivity (Wildman–Crippen MR) is 122 cm³/mol. The predicted octanol–water partition coefficient (Wildman–Crippen LogP) is 5.31. The second kappa shape index (κ2) is 9.62. The summed E-state index contributed by atoms with van der Waals surface area (Å²) < 4.78 is 25.7. The second-order valence-corrected chi connectivity index (χ2v) is 9.96. The lowest BCUT2D eigenvalue weighted by atomic mass is 10.2. The van der Waals surface area contributed by atoms with E-state index in [1.54, 1.807) is 36.4 Å². The van der Waals surface area contributed by atoms with Crippen LogP contribution in [0.4, 0.5) is 11.9 Å². The van der Waals surface area contributed by atoms with Crippen LogP contribution in [0.15, 0.2) is 36.4 Å². The van der Waals surface area contributed by atoms with Gasteiger partial charge in [-0.1, -0.05) is 58.5 Å². The molecular weight excluding hydrogens is 492 g/mol. The molecule has 0 aliphatic carbocycles. The van der Waals surface area contributed by atoms with Gasteiger partial charge in [0.05, 0.1) is 5.75 Å². The molecule has 30 heavy (non-hydrogen) atoms. The van der Waals surface area contributed by atoms with Crippen LogP contribution in [0, 0.1) is 0 Å². The van der Waals surface area contributed by atoms with Gasteiger partial charge < -0.3 is 10.6 Å². The van der Waals surface area contributed by atoms with E-state index < -0.39 is 10.0 Å². The molecule has 12 heteroatoms. The van der Waals surface area contributed by atoms with Crippen molar-refractivity contribution in [2.24, 2.45) is 0 Å². The van der Waals surface area contributed by atoms with E-state index >= 15 is 0 Å². The Morgan fingerprint density at radius 2 is 1.43 bits per heavy atom. The molecule has 0 aliphatic heterocycles. The summed E-state index contributed by atoms with van der Waals surface area (Å²) in [7, 11) is -3.68. The van der Waals surface area contributed by atoms with Gasteiger partial charge in [0, 0.05) is 33.2 Å². The summed E-state index contributed by atoms with van der Waals surface area (Å²) in [4.78, 5) is 4.26. The molecule has 0 spiro atoms. The van der Waals surface area contributed by atoms with Crippen molar-refractivity contribution in [3.05, 3.63) is 67.6 Å². The van der Waals surface area contributed by atoms with E-state index in [9.17, 15) is 8.42 Å². The van der Waals surface area contributed by atoms with Crippen molar-refractivity contribution in [2.75, 3.05) is 16.4 Å². The first-order valence-electron chi connectivity index (χ1n) is 8.75. The largest absolute Gasteiger partial charge is 0.349 e. The van der Waals surface area contributed by atoms with Crippen LogP contribution in [0.1, 0.15) is 18.1 Å². The lowest BCUT2D eigenvalue weighted by Gasteiger charge is -2.09. The first-order valence-corrected chi connectivity index (χ1v) is 11.9. The Morgan fingerprint density at radius 1 is 0.900 bits per heavy atom.